The van der Waals surface area contributed by atoms with Crippen molar-refractivity contribution in [2.24, 2.45) is 0 Å². The number of carbonyl (C=O) groups is 1. The van der Waals surface area contributed by atoms with Crippen LogP contribution in [-0.2, 0) is 11.0 Å². The summed E-state index contributed by atoms with van der Waals surface area (Å²) in [7, 11) is 0. The van der Waals surface area contributed by atoms with Gasteiger partial charge in [-0.05, 0) is 11.6 Å². The van der Waals surface area contributed by atoms with Crippen molar-refractivity contribution in [3.05, 3.63) is 52.7 Å². The number of alkyl halides is 3. The van der Waals surface area contributed by atoms with Crippen molar-refractivity contribution in [1.29, 1.82) is 0 Å². The van der Waals surface area contributed by atoms with Gasteiger partial charge in [-0.2, -0.15) is 13.2 Å². The Labute approximate surface area is 135 Å². The molecular weight excluding hydrogens is 329 g/mol. The highest BCUT2D eigenvalue weighted by molar-refractivity contribution is 6.33. The first-order valence-corrected chi connectivity index (χ1v) is 7.32. The molecule has 1 amide bonds. The highest BCUT2D eigenvalue weighted by Crippen LogP contribution is 2.34. The van der Waals surface area contributed by atoms with E-state index in [1.165, 1.54) is 0 Å². The first-order valence-electron chi connectivity index (χ1n) is 6.94. The Hall–Kier alpha value is -2.08. The molecule has 0 radical (unpaired) electrons. The fraction of sp³-hybridized carbons (Fsp3) is 0.250. The van der Waals surface area contributed by atoms with Crippen LogP contribution in [0, 0.1) is 0 Å². The molecule has 3 nitrogen and oxygen atoms in total. The maximum absolute atomic E-state index is 12.6. The van der Waals surface area contributed by atoms with Gasteiger partial charge in [0.05, 0.1) is 16.3 Å². The lowest BCUT2D eigenvalue weighted by molar-refractivity contribution is -0.137. The smallest absolute Gasteiger partial charge is 0.355 e. The number of nitrogens with one attached hydrogen (secondary N) is 1. The minimum atomic E-state index is -4.47. The van der Waals surface area contributed by atoms with Crippen LogP contribution in [0.5, 0.6) is 0 Å². The molecule has 1 fully saturated rings. The normalized spacial score (nSPS) is 18.1. The molecule has 120 valence electrons. The van der Waals surface area contributed by atoms with Gasteiger partial charge in [-0.3, -0.25) is 9.78 Å². The predicted octanol–water partition coefficient (Wildman–Crippen LogP) is 4.02. The third-order valence-corrected chi connectivity index (χ3v) is 4.09. The van der Waals surface area contributed by atoms with Crippen LogP contribution in [0.2, 0.25) is 5.02 Å². The van der Waals surface area contributed by atoms with Crippen molar-refractivity contribution in [2.75, 3.05) is 6.54 Å². The maximum atomic E-state index is 12.6. The van der Waals surface area contributed by atoms with Crippen LogP contribution < -0.4 is 5.32 Å². The standard InChI is InChI=1S/C16H12ClF3N2O/c17-13-6-12(16(18,19)20)8-22-15(13)10-3-1-9(2-4-10)11-5-14(23)21-7-11/h1-4,6,8,11H,5,7H2,(H,21,23). The second kappa shape index (κ2) is 5.85. The van der Waals surface area contributed by atoms with E-state index in [9.17, 15) is 18.0 Å². The topological polar surface area (TPSA) is 42.0 Å². The molecule has 2 heterocycles. The van der Waals surface area contributed by atoms with Crippen LogP contribution in [0.15, 0.2) is 36.5 Å². The lowest BCUT2D eigenvalue weighted by atomic mass is 9.96. The number of hydrogen-bond donors (Lipinski definition) is 1. The zero-order valence-electron chi connectivity index (χ0n) is 11.8. The molecular formula is C16H12ClF3N2O. The molecule has 0 aliphatic carbocycles. The Bertz CT molecular complexity index is 744. The SMILES string of the molecule is O=C1CC(c2ccc(-c3ncc(C(F)(F)F)cc3Cl)cc2)CN1. The van der Waals surface area contributed by atoms with Crippen molar-refractivity contribution in [3.63, 3.8) is 0 Å². The van der Waals surface area contributed by atoms with E-state index in [4.69, 9.17) is 11.6 Å². The van der Waals surface area contributed by atoms with Crippen molar-refractivity contribution in [2.45, 2.75) is 18.5 Å². The van der Waals surface area contributed by atoms with Crippen LogP contribution in [0.25, 0.3) is 11.3 Å². The Morgan fingerprint density at radius 3 is 2.43 bits per heavy atom. The Morgan fingerprint density at radius 2 is 1.91 bits per heavy atom. The quantitative estimate of drug-likeness (QED) is 0.897. The zero-order chi connectivity index (χ0) is 16.6. The van der Waals surface area contributed by atoms with E-state index in [2.05, 4.69) is 10.3 Å². The number of amides is 1. The number of halogens is 4. The predicted molar refractivity (Wildman–Crippen MR) is 80.1 cm³/mol. The fourth-order valence-electron chi connectivity index (χ4n) is 2.56. The Morgan fingerprint density at radius 1 is 1.22 bits per heavy atom. The molecule has 3 rings (SSSR count). The van der Waals surface area contributed by atoms with Crippen LogP contribution in [0.4, 0.5) is 13.2 Å². The van der Waals surface area contributed by atoms with Gasteiger partial charge in [0.1, 0.15) is 0 Å². The van der Waals surface area contributed by atoms with Crippen molar-refractivity contribution in [3.8, 4) is 11.3 Å². The van der Waals surface area contributed by atoms with E-state index in [1.54, 1.807) is 12.1 Å². The number of carbonyl (C=O) groups excluding carboxylic acids is 1. The van der Waals surface area contributed by atoms with Gasteiger partial charge in [-0.25, -0.2) is 0 Å². The van der Waals surface area contributed by atoms with E-state index in [-0.39, 0.29) is 16.8 Å². The maximum Gasteiger partial charge on any atom is 0.417 e. The van der Waals surface area contributed by atoms with Crippen LogP contribution >= 0.6 is 11.6 Å². The van der Waals surface area contributed by atoms with Gasteiger partial charge in [-0.1, -0.05) is 35.9 Å². The third-order valence-electron chi connectivity index (χ3n) is 3.80. The summed E-state index contributed by atoms with van der Waals surface area (Å²) in [6.07, 6.45) is -3.26. The number of nitrogens with zero attached hydrogens (tertiary/aromatic N) is 1. The molecule has 1 saturated heterocycles. The van der Waals surface area contributed by atoms with E-state index in [1.807, 2.05) is 12.1 Å². The molecule has 0 bridgehead atoms. The van der Waals surface area contributed by atoms with Crippen LogP contribution in [0.1, 0.15) is 23.5 Å². The summed E-state index contributed by atoms with van der Waals surface area (Å²) in [6, 6.07) is 8.06. The largest absolute Gasteiger partial charge is 0.417 e. The number of hydrogen-bond acceptors (Lipinski definition) is 2. The molecule has 1 aliphatic heterocycles. The Balaban J connectivity index is 1.86. The molecule has 1 atom stereocenters. The van der Waals surface area contributed by atoms with Gasteiger partial charge in [0.25, 0.3) is 0 Å². The molecule has 7 heteroatoms. The molecule has 2 aromatic rings. The molecule has 1 unspecified atom stereocenters. The van der Waals surface area contributed by atoms with Gasteiger partial charge in [0.15, 0.2) is 0 Å². The van der Waals surface area contributed by atoms with Gasteiger partial charge >= 0.3 is 6.18 Å². The first kappa shape index (κ1) is 15.8. The molecule has 0 spiro atoms. The summed E-state index contributed by atoms with van der Waals surface area (Å²) in [4.78, 5) is 15.1. The highest BCUT2D eigenvalue weighted by Gasteiger charge is 2.31. The van der Waals surface area contributed by atoms with Crippen LogP contribution in [-0.4, -0.2) is 17.4 Å². The van der Waals surface area contributed by atoms with Crippen LogP contribution in [0.3, 0.4) is 0 Å². The molecule has 23 heavy (non-hydrogen) atoms. The fourth-order valence-corrected chi connectivity index (χ4v) is 2.83. The monoisotopic (exact) mass is 340 g/mol. The summed E-state index contributed by atoms with van der Waals surface area (Å²) in [5.41, 5.74) is 1.05. The van der Waals surface area contributed by atoms with Gasteiger partial charge in [0, 0.05) is 30.6 Å². The summed E-state index contributed by atoms with van der Waals surface area (Å²) in [6.45, 7) is 0.595. The van der Waals surface area contributed by atoms with Gasteiger partial charge in [-0.15, -0.1) is 0 Å². The molecule has 1 aromatic heterocycles. The minimum Gasteiger partial charge on any atom is -0.355 e. The van der Waals surface area contributed by atoms with Gasteiger partial charge in [0.2, 0.25) is 5.91 Å². The molecule has 1 aromatic carbocycles. The average Bonchev–Trinajstić information content (AvgIpc) is 2.93. The van der Waals surface area contributed by atoms with E-state index < -0.39 is 11.7 Å². The molecule has 1 aliphatic rings. The summed E-state index contributed by atoms with van der Waals surface area (Å²) < 4.78 is 37.9. The lowest BCUT2D eigenvalue weighted by Crippen LogP contribution is -2.13. The summed E-state index contributed by atoms with van der Waals surface area (Å²) in [5, 5.41) is 2.71. The van der Waals surface area contributed by atoms with Crippen molar-refractivity contribution in [1.82, 2.24) is 10.3 Å². The lowest BCUT2D eigenvalue weighted by Gasteiger charge is -2.11. The summed E-state index contributed by atoms with van der Waals surface area (Å²) in [5.74, 6) is 0.138. The third kappa shape index (κ3) is 3.32. The van der Waals surface area contributed by atoms with E-state index in [0.717, 1.165) is 17.8 Å². The zero-order valence-corrected chi connectivity index (χ0v) is 12.6. The van der Waals surface area contributed by atoms with Crippen molar-refractivity contribution < 1.29 is 18.0 Å². The first-order chi connectivity index (χ1) is 10.8. The molecule has 0 saturated carbocycles. The number of rotatable bonds is 2. The van der Waals surface area contributed by atoms with E-state index in [0.29, 0.717) is 24.2 Å². The van der Waals surface area contributed by atoms with Crippen molar-refractivity contribution >= 4 is 17.5 Å². The second-order valence-electron chi connectivity index (χ2n) is 5.38. The average molecular weight is 341 g/mol. The highest BCUT2D eigenvalue weighted by atomic mass is 35.5. The number of pyridine rings is 1. The number of benzene rings is 1. The minimum absolute atomic E-state index is 0.0199. The van der Waals surface area contributed by atoms with E-state index >= 15 is 0 Å². The number of aromatic nitrogens is 1. The molecule has 1 N–H and O–H groups in total. The Kier molecular flexibility index (Phi) is 4.02. The second-order valence-corrected chi connectivity index (χ2v) is 5.79. The summed E-state index contributed by atoms with van der Waals surface area (Å²) >= 11 is 5.94. The van der Waals surface area contributed by atoms with Gasteiger partial charge < -0.3 is 5.32 Å².